The summed E-state index contributed by atoms with van der Waals surface area (Å²) in [5.74, 6) is -16.3. The first-order valence-corrected chi connectivity index (χ1v) is 43.9. The molecule has 0 amide bonds. The molecular formula is C120H88F20. The lowest BCUT2D eigenvalue weighted by Gasteiger charge is -2.11. The van der Waals surface area contributed by atoms with Gasteiger partial charge in [0.1, 0.15) is 58.2 Å². The summed E-state index contributed by atoms with van der Waals surface area (Å²) in [6, 6.07) is 80.7. The molecule has 0 atom stereocenters. The van der Waals surface area contributed by atoms with Crippen LogP contribution >= 0.6 is 0 Å². The number of hydrogen-bond acceptors (Lipinski definition) is 0. The van der Waals surface area contributed by atoms with E-state index < -0.39 is 111 Å². The van der Waals surface area contributed by atoms with Gasteiger partial charge < -0.3 is 0 Å². The second-order valence-electron chi connectivity index (χ2n) is 34.0. The summed E-state index contributed by atoms with van der Waals surface area (Å²) < 4.78 is 283. The highest BCUT2D eigenvalue weighted by Crippen LogP contribution is 2.42. The summed E-state index contributed by atoms with van der Waals surface area (Å²) in [6.45, 7) is 20.8. The van der Waals surface area contributed by atoms with Gasteiger partial charge >= 0.3 is 0 Å². The molecule has 18 aromatic rings. The van der Waals surface area contributed by atoms with E-state index >= 15 is 0 Å². The standard InChI is InChI=1S/4C20H14F4.C20H15F3.C20H17F/c1-11-3-6-15(17(21)9-11)16-8-5-13(10-18(16)22)14-7-4-12(2)19(23)20(14)24;1-11-3-6-14(17(21)9-11)13-5-8-15(18(22)10-13)16-7-4-12(2)19(23)20(16)24;1-11-3-6-15(18(22)9-11)16-8-7-14(19(23)20(16)24)13-5-4-12(2)17(21)10-13;1-11-3-5-13(17(21)9-11)15-7-8-16(20(24)19(15)23)14-6-4-12(2)10-18(14)22;1-12-3-6-14(7-4-12)15-9-10-17(20(23)19(15)22)16-8-5-13(2)11-18(16)21;1-14-3-7-16(8-4-14)18-11-12-19(20(21)13-18)17-9-5-15(2)6-10-17/h4*3-10H,1-2H3;3-11H,1-2H3;3-13H,1-2H3. The largest absolute Gasteiger partial charge is 0.207 e. The Morgan fingerprint density at radius 3 is 0.564 bits per heavy atom. The van der Waals surface area contributed by atoms with Crippen LogP contribution in [-0.4, -0.2) is 0 Å². The minimum absolute atomic E-state index is 0.0152. The molecule has 0 aromatic heterocycles. The topological polar surface area (TPSA) is 0 Å². The van der Waals surface area contributed by atoms with Crippen LogP contribution < -0.4 is 0 Å². The summed E-state index contributed by atoms with van der Waals surface area (Å²) in [5.41, 5.74) is 12.9. The van der Waals surface area contributed by atoms with E-state index in [0.717, 1.165) is 57.1 Å². The predicted octanol–water partition coefficient (Wildman–Crippen LogP) is 36.6. The minimum Gasteiger partial charge on any atom is -0.207 e. The Morgan fingerprint density at radius 1 is 0.100 bits per heavy atom. The highest BCUT2D eigenvalue weighted by molar-refractivity contribution is 5.79. The molecule has 0 fully saturated rings. The van der Waals surface area contributed by atoms with Crippen LogP contribution in [0, 0.1) is 199 Å². The molecule has 0 unspecified atom stereocenters. The van der Waals surface area contributed by atoms with Gasteiger partial charge in [0.05, 0.1) is 0 Å². The van der Waals surface area contributed by atoms with Gasteiger partial charge in [-0.05, 0) is 233 Å². The third-order valence-corrected chi connectivity index (χ3v) is 23.4. The molecule has 140 heavy (non-hydrogen) atoms. The van der Waals surface area contributed by atoms with E-state index in [1.54, 1.807) is 109 Å². The van der Waals surface area contributed by atoms with Crippen molar-refractivity contribution < 1.29 is 87.8 Å². The zero-order chi connectivity index (χ0) is 101. The highest BCUT2D eigenvalue weighted by atomic mass is 19.2. The number of benzene rings is 18. The number of halogens is 20. The Kier molecular flexibility index (Phi) is 32.3. The molecule has 0 spiro atoms. The minimum atomic E-state index is -1.20. The monoisotopic (exact) mass is 1910 g/mol. The molecular weight excluding hydrogens is 1820 g/mol. The highest BCUT2D eigenvalue weighted by Gasteiger charge is 2.26. The van der Waals surface area contributed by atoms with Crippen molar-refractivity contribution in [2.75, 3.05) is 0 Å². The van der Waals surface area contributed by atoms with Gasteiger partial charge in [-0.1, -0.05) is 271 Å². The molecule has 0 aliphatic carbocycles. The van der Waals surface area contributed by atoms with E-state index in [4.69, 9.17) is 0 Å². The molecule has 20 heteroatoms. The first-order chi connectivity index (χ1) is 66.6. The SMILES string of the molecule is Cc1ccc(-c2ccc(-c3ccc(C)c(F)c3)c(F)c2F)c(F)c1.Cc1ccc(-c2ccc(-c3ccc(C)c(F)c3F)c(F)c2)c(F)c1.Cc1ccc(-c2ccc(-c3ccc(C)c(F)c3F)cc2F)c(F)c1.Cc1ccc(-c2ccc(-c3ccc(C)cc3)c(F)c2)cc1.Cc1ccc(-c2ccc(-c3ccc(C)cc3F)c(F)c2F)c(F)c1.Cc1ccc(-c2ccc(-c3ccc(C)cc3F)c(F)c2F)cc1. The van der Waals surface area contributed by atoms with Gasteiger partial charge in [0.25, 0.3) is 0 Å². The van der Waals surface area contributed by atoms with Gasteiger partial charge in [0.2, 0.25) is 0 Å². The summed E-state index contributed by atoms with van der Waals surface area (Å²) in [7, 11) is 0. The fourth-order valence-electron chi connectivity index (χ4n) is 15.4. The lowest BCUT2D eigenvalue weighted by molar-refractivity contribution is 0.505. The maximum atomic E-state index is 14.5. The Balaban J connectivity index is 0.000000142. The third-order valence-electron chi connectivity index (χ3n) is 23.4. The number of hydrogen-bond donors (Lipinski definition) is 0. The Hall–Kier alpha value is -15.4. The average molecular weight is 1910 g/mol. The second-order valence-corrected chi connectivity index (χ2v) is 34.0. The third kappa shape index (κ3) is 23.5. The zero-order valence-corrected chi connectivity index (χ0v) is 77.6. The second kappa shape index (κ2) is 44.4. The lowest BCUT2D eigenvalue weighted by atomic mass is 9.97. The molecule has 708 valence electrons. The van der Waals surface area contributed by atoms with Crippen LogP contribution in [0.3, 0.4) is 0 Å². The quantitative estimate of drug-likeness (QED) is 0.107. The van der Waals surface area contributed by atoms with Crippen molar-refractivity contribution >= 4 is 0 Å². The van der Waals surface area contributed by atoms with Gasteiger partial charge in [-0.2, -0.15) is 0 Å². The van der Waals surface area contributed by atoms with Gasteiger partial charge in [-0.15, -0.1) is 0 Å². The smallest absolute Gasteiger partial charge is 0.167 e. The Morgan fingerprint density at radius 2 is 0.257 bits per heavy atom. The van der Waals surface area contributed by atoms with Crippen LogP contribution in [0.25, 0.3) is 134 Å². The first-order valence-electron chi connectivity index (χ1n) is 43.9. The van der Waals surface area contributed by atoms with E-state index in [1.165, 1.54) is 189 Å². The summed E-state index contributed by atoms with van der Waals surface area (Å²) in [5, 5.41) is 0. The van der Waals surface area contributed by atoms with Crippen molar-refractivity contribution in [2.24, 2.45) is 0 Å². The first kappa shape index (κ1) is 102. The summed E-state index contributed by atoms with van der Waals surface area (Å²) in [6.07, 6.45) is 0. The molecule has 0 heterocycles. The van der Waals surface area contributed by atoms with Crippen molar-refractivity contribution in [1.29, 1.82) is 0 Å². The molecule has 0 saturated heterocycles. The predicted molar refractivity (Wildman–Crippen MR) is 520 cm³/mol. The Labute approximate surface area is 798 Å². The van der Waals surface area contributed by atoms with Crippen molar-refractivity contribution in [1.82, 2.24) is 0 Å². The van der Waals surface area contributed by atoms with Gasteiger partial charge in [-0.3, -0.25) is 0 Å². The number of rotatable bonds is 12. The molecule has 18 rings (SSSR count). The fraction of sp³-hybridized carbons (Fsp3) is 0.100. The van der Waals surface area contributed by atoms with E-state index in [0.29, 0.717) is 38.9 Å². The van der Waals surface area contributed by atoms with Gasteiger partial charge in [0.15, 0.2) is 58.2 Å². The number of aryl methyl sites for hydroxylation is 12. The van der Waals surface area contributed by atoms with Crippen LogP contribution in [0.4, 0.5) is 87.8 Å². The molecule has 0 nitrogen and oxygen atoms in total. The molecule has 18 aromatic carbocycles. The average Bonchev–Trinajstić information content (AvgIpc) is 0.786. The van der Waals surface area contributed by atoms with Gasteiger partial charge in [0, 0.05) is 94.6 Å². The van der Waals surface area contributed by atoms with Crippen molar-refractivity contribution in [2.45, 2.75) is 83.1 Å². The maximum absolute atomic E-state index is 14.5. The van der Waals surface area contributed by atoms with E-state index in [-0.39, 0.29) is 117 Å². The van der Waals surface area contributed by atoms with E-state index in [2.05, 4.69) is 0 Å². The molecule has 0 aliphatic rings. The molecule has 0 N–H and O–H groups in total. The van der Waals surface area contributed by atoms with Crippen LogP contribution in [-0.2, 0) is 0 Å². The normalized spacial score (nSPS) is 10.9. The molecule has 0 aliphatic heterocycles. The van der Waals surface area contributed by atoms with Crippen LogP contribution in [0.2, 0.25) is 0 Å². The fourth-order valence-corrected chi connectivity index (χ4v) is 15.4. The van der Waals surface area contributed by atoms with E-state index in [1.807, 2.05) is 93.6 Å². The maximum Gasteiger partial charge on any atom is 0.167 e. The van der Waals surface area contributed by atoms with Crippen molar-refractivity contribution in [3.05, 3.63) is 499 Å². The van der Waals surface area contributed by atoms with Crippen LogP contribution in [0.5, 0.6) is 0 Å². The summed E-state index contributed by atoms with van der Waals surface area (Å²) >= 11 is 0. The van der Waals surface area contributed by atoms with E-state index in [9.17, 15) is 87.8 Å². The molecule has 0 bridgehead atoms. The Bertz CT molecular complexity index is 7590. The molecule has 0 saturated carbocycles. The van der Waals surface area contributed by atoms with Crippen LogP contribution in [0.15, 0.2) is 315 Å². The van der Waals surface area contributed by atoms with Crippen LogP contribution in [0.1, 0.15) is 66.8 Å². The summed E-state index contributed by atoms with van der Waals surface area (Å²) in [4.78, 5) is 0. The van der Waals surface area contributed by atoms with Crippen molar-refractivity contribution in [3.63, 3.8) is 0 Å². The van der Waals surface area contributed by atoms with Gasteiger partial charge in [-0.25, -0.2) is 87.8 Å². The zero-order valence-electron chi connectivity index (χ0n) is 77.6. The lowest BCUT2D eigenvalue weighted by Crippen LogP contribution is -1.97. The molecule has 0 radical (unpaired) electrons. The van der Waals surface area contributed by atoms with Crippen molar-refractivity contribution in [3.8, 4) is 134 Å².